The normalized spacial score (nSPS) is 19.7. The SMILES string of the molecule is C/C=C/C1COC(CCc2ccc(C#Cc3ccc(C)cc3)c(F)c2)OC1. The van der Waals surface area contributed by atoms with Crippen molar-refractivity contribution < 1.29 is 13.9 Å². The number of allylic oxidation sites excluding steroid dienone is 1. The van der Waals surface area contributed by atoms with E-state index in [1.54, 1.807) is 12.1 Å². The smallest absolute Gasteiger partial charge is 0.157 e. The Hall–Kier alpha value is -2.41. The van der Waals surface area contributed by atoms with E-state index in [0.717, 1.165) is 17.5 Å². The van der Waals surface area contributed by atoms with Crippen LogP contribution in [-0.2, 0) is 15.9 Å². The van der Waals surface area contributed by atoms with Crippen molar-refractivity contribution in [2.24, 2.45) is 5.92 Å². The molecule has 1 aliphatic heterocycles. The molecule has 0 bridgehead atoms. The summed E-state index contributed by atoms with van der Waals surface area (Å²) in [6.07, 6.45) is 5.33. The zero-order valence-corrected chi connectivity index (χ0v) is 15.9. The van der Waals surface area contributed by atoms with Gasteiger partial charge < -0.3 is 9.47 Å². The van der Waals surface area contributed by atoms with Crippen LogP contribution in [0.25, 0.3) is 0 Å². The minimum Gasteiger partial charge on any atom is -0.352 e. The van der Waals surface area contributed by atoms with Gasteiger partial charge in [0.1, 0.15) is 5.82 Å². The second-order valence-corrected chi connectivity index (χ2v) is 6.85. The van der Waals surface area contributed by atoms with E-state index < -0.39 is 0 Å². The molecule has 3 rings (SSSR count). The van der Waals surface area contributed by atoms with Crippen LogP contribution in [0.3, 0.4) is 0 Å². The predicted octanol–water partition coefficient (Wildman–Crippen LogP) is 5.03. The minimum atomic E-state index is -0.286. The summed E-state index contributed by atoms with van der Waals surface area (Å²) >= 11 is 0. The maximum Gasteiger partial charge on any atom is 0.157 e. The van der Waals surface area contributed by atoms with Gasteiger partial charge in [-0.3, -0.25) is 0 Å². The molecule has 1 saturated heterocycles. The van der Waals surface area contributed by atoms with E-state index in [1.165, 1.54) is 5.56 Å². The van der Waals surface area contributed by atoms with Gasteiger partial charge in [0.2, 0.25) is 0 Å². The highest BCUT2D eigenvalue weighted by atomic mass is 19.1. The Morgan fingerprint density at radius 3 is 2.48 bits per heavy atom. The van der Waals surface area contributed by atoms with Crippen LogP contribution in [-0.4, -0.2) is 19.5 Å². The third-order valence-corrected chi connectivity index (χ3v) is 4.55. The lowest BCUT2D eigenvalue weighted by Gasteiger charge is -2.27. The molecule has 0 saturated carbocycles. The Labute approximate surface area is 161 Å². The summed E-state index contributed by atoms with van der Waals surface area (Å²) in [7, 11) is 0. The first-order chi connectivity index (χ1) is 13.1. The maximum atomic E-state index is 14.3. The molecule has 0 unspecified atom stereocenters. The van der Waals surface area contributed by atoms with Gasteiger partial charge in [-0.2, -0.15) is 0 Å². The van der Waals surface area contributed by atoms with E-state index in [4.69, 9.17) is 9.47 Å². The van der Waals surface area contributed by atoms with Crippen LogP contribution in [0.4, 0.5) is 4.39 Å². The molecule has 0 N–H and O–H groups in total. The second-order valence-electron chi connectivity index (χ2n) is 6.85. The Morgan fingerprint density at radius 2 is 1.81 bits per heavy atom. The van der Waals surface area contributed by atoms with Crippen molar-refractivity contribution >= 4 is 0 Å². The van der Waals surface area contributed by atoms with Crippen molar-refractivity contribution in [3.63, 3.8) is 0 Å². The second kappa shape index (κ2) is 9.50. The van der Waals surface area contributed by atoms with Crippen LogP contribution < -0.4 is 0 Å². The van der Waals surface area contributed by atoms with Gasteiger partial charge in [-0.15, -0.1) is 0 Å². The average Bonchev–Trinajstić information content (AvgIpc) is 2.68. The Kier molecular flexibility index (Phi) is 6.81. The molecule has 2 aromatic rings. The lowest BCUT2D eigenvalue weighted by molar-refractivity contribution is -0.195. The van der Waals surface area contributed by atoms with Gasteiger partial charge >= 0.3 is 0 Å². The van der Waals surface area contributed by atoms with E-state index >= 15 is 0 Å². The van der Waals surface area contributed by atoms with Crippen LogP contribution >= 0.6 is 0 Å². The van der Waals surface area contributed by atoms with Gasteiger partial charge in [0, 0.05) is 17.9 Å². The molecule has 1 fully saturated rings. The van der Waals surface area contributed by atoms with Crippen LogP contribution in [0.2, 0.25) is 0 Å². The van der Waals surface area contributed by atoms with Gasteiger partial charge in [-0.25, -0.2) is 4.39 Å². The topological polar surface area (TPSA) is 18.5 Å². The van der Waals surface area contributed by atoms with E-state index in [0.29, 0.717) is 31.1 Å². The molecule has 3 heteroatoms. The van der Waals surface area contributed by atoms with E-state index in [9.17, 15) is 4.39 Å². The highest BCUT2D eigenvalue weighted by Crippen LogP contribution is 2.18. The fraction of sp³-hybridized carbons (Fsp3) is 0.333. The largest absolute Gasteiger partial charge is 0.352 e. The first kappa shape index (κ1) is 19.4. The Morgan fingerprint density at radius 1 is 1.07 bits per heavy atom. The predicted molar refractivity (Wildman–Crippen MR) is 106 cm³/mol. The summed E-state index contributed by atoms with van der Waals surface area (Å²) in [5, 5.41) is 0. The Balaban J connectivity index is 1.55. The lowest BCUT2D eigenvalue weighted by Crippen LogP contribution is -2.31. The third kappa shape index (κ3) is 5.79. The van der Waals surface area contributed by atoms with Gasteiger partial charge in [0.15, 0.2) is 6.29 Å². The molecule has 140 valence electrons. The number of benzene rings is 2. The summed E-state index contributed by atoms with van der Waals surface area (Å²) in [5.41, 5.74) is 3.40. The average molecular weight is 364 g/mol. The van der Waals surface area contributed by atoms with Crippen molar-refractivity contribution in [2.75, 3.05) is 13.2 Å². The molecule has 0 spiro atoms. The molecule has 0 aromatic heterocycles. The van der Waals surface area contributed by atoms with Crippen molar-refractivity contribution in [2.45, 2.75) is 33.0 Å². The van der Waals surface area contributed by atoms with Gasteiger partial charge in [-0.05, 0) is 50.1 Å². The first-order valence-corrected chi connectivity index (χ1v) is 9.37. The van der Waals surface area contributed by atoms with Crippen molar-refractivity contribution in [1.82, 2.24) is 0 Å². The monoisotopic (exact) mass is 364 g/mol. The van der Waals surface area contributed by atoms with Crippen LogP contribution in [0.1, 0.15) is 35.6 Å². The molecule has 27 heavy (non-hydrogen) atoms. The van der Waals surface area contributed by atoms with E-state index in [2.05, 4.69) is 17.9 Å². The molecule has 2 aromatic carbocycles. The van der Waals surface area contributed by atoms with E-state index in [-0.39, 0.29) is 12.1 Å². The zero-order chi connectivity index (χ0) is 19.1. The summed E-state index contributed by atoms with van der Waals surface area (Å²) < 4.78 is 25.8. The number of aryl methyl sites for hydroxylation is 2. The quantitative estimate of drug-likeness (QED) is 0.559. The summed E-state index contributed by atoms with van der Waals surface area (Å²) in [4.78, 5) is 0. The van der Waals surface area contributed by atoms with E-state index in [1.807, 2.05) is 50.3 Å². The molecule has 1 aliphatic rings. The zero-order valence-electron chi connectivity index (χ0n) is 15.9. The van der Waals surface area contributed by atoms with Crippen LogP contribution in [0.5, 0.6) is 0 Å². The maximum absolute atomic E-state index is 14.3. The standard InChI is InChI=1S/C24H25FO2/c1-3-4-21-16-26-24(27-17-21)14-11-20-10-13-22(23(25)15-20)12-9-19-7-5-18(2)6-8-19/h3-8,10,13,15,21,24H,11,14,16-17H2,1-2H3/b4-3+. The first-order valence-electron chi connectivity index (χ1n) is 9.37. The number of hydrogen-bond acceptors (Lipinski definition) is 2. The number of halogens is 1. The number of hydrogen-bond donors (Lipinski definition) is 0. The number of rotatable bonds is 4. The molecule has 1 heterocycles. The molecule has 0 amide bonds. The van der Waals surface area contributed by atoms with Gasteiger partial charge in [0.05, 0.1) is 18.8 Å². The molecular weight excluding hydrogens is 339 g/mol. The van der Waals surface area contributed by atoms with Gasteiger partial charge in [-0.1, -0.05) is 47.8 Å². The summed E-state index contributed by atoms with van der Waals surface area (Å²) in [6, 6.07) is 13.1. The molecule has 0 aliphatic carbocycles. The molecule has 0 atom stereocenters. The van der Waals surface area contributed by atoms with Crippen LogP contribution in [0, 0.1) is 30.5 Å². The Bertz CT molecular complexity index is 835. The summed E-state index contributed by atoms with van der Waals surface area (Å²) in [5.74, 6) is 5.97. The fourth-order valence-electron chi connectivity index (χ4n) is 2.98. The molecule has 0 radical (unpaired) electrons. The van der Waals surface area contributed by atoms with Gasteiger partial charge in [0.25, 0.3) is 0 Å². The molecular formula is C24H25FO2. The fourth-order valence-corrected chi connectivity index (χ4v) is 2.98. The highest BCUT2D eigenvalue weighted by molar-refractivity contribution is 5.44. The van der Waals surface area contributed by atoms with Crippen molar-refractivity contribution in [3.05, 3.63) is 82.7 Å². The number of ether oxygens (including phenoxy) is 2. The minimum absolute atomic E-state index is 0.212. The van der Waals surface area contributed by atoms with Crippen LogP contribution in [0.15, 0.2) is 54.6 Å². The highest BCUT2D eigenvalue weighted by Gasteiger charge is 2.20. The van der Waals surface area contributed by atoms with Crippen molar-refractivity contribution in [1.29, 1.82) is 0 Å². The van der Waals surface area contributed by atoms with Crippen molar-refractivity contribution in [3.8, 4) is 11.8 Å². The lowest BCUT2D eigenvalue weighted by atomic mass is 10.1. The summed E-state index contributed by atoms with van der Waals surface area (Å²) in [6.45, 7) is 5.38. The third-order valence-electron chi connectivity index (χ3n) is 4.55. The molecule has 2 nitrogen and oxygen atoms in total.